The number of carbonyl (C=O) groups excluding carboxylic acids is 1. The Morgan fingerprint density at radius 1 is 1.21 bits per heavy atom. The van der Waals surface area contributed by atoms with Crippen molar-refractivity contribution in [1.82, 2.24) is 19.8 Å². The van der Waals surface area contributed by atoms with E-state index in [0.29, 0.717) is 41.7 Å². The molecule has 5 heterocycles. The number of aryl methyl sites for hydroxylation is 1. The van der Waals surface area contributed by atoms with Gasteiger partial charge in [-0.25, -0.2) is 13.6 Å². The van der Waals surface area contributed by atoms with Crippen LogP contribution in [0.4, 0.5) is 19.4 Å². The number of rotatable bonds is 4. The van der Waals surface area contributed by atoms with Crippen molar-refractivity contribution in [3.05, 3.63) is 21.9 Å². The Labute approximate surface area is 236 Å². The van der Waals surface area contributed by atoms with Gasteiger partial charge in [0.25, 0.3) is 0 Å². The van der Waals surface area contributed by atoms with Crippen LogP contribution in [0, 0.1) is 12.7 Å². The van der Waals surface area contributed by atoms with Gasteiger partial charge in [-0.3, -0.25) is 9.80 Å². The fourth-order valence-electron chi connectivity index (χ4n) is 7.02. The zero-order valence-corrected chi connectivity index (χ0v) is 24.6. The maximum Gasteiger partial charge on any atom is 0.410 e. The first-order chi connectivity index (χ1) is 18.4. The van der Waals surface area contributed by atoms with Gasteiger partial charge in [0.05, 0.1) is 22.1 Å². The highest BCUT2D eigenvalue weighted by atomic mass is 79.9. The lowest BCUT2D eigenvalue weighted by Crippen LogP contribution is -2.57. The Kier molecular flexibility index (Phi) is 6.68. The highest BCUT2D eigenvalue weighted by Crippen LogP contribution is 2.42. The summed E-state index contributed by atoms with van der Waals surface area (Å²) >= 11 is 3.33. The van der Waals surface area contributed by atoms with Gasteiger partial charge < -0.3 is 14.4 Å². The number of fused-ring (bicyclic) bond motifs is 4. The van der Waals surface area contributed by atoms with Gasteiger partial charge in [0.15, 0.2) is 5.82 Å². The fraction of sp³-hybridized carbons (Fsp3) is 0.679. The van der Waals surface area contributed by atoms with Gasteiger partial charge >= 0.3 is 12.1 Å². The van der Waals surface area contributed by atoms with Crippen molar-refractivity contribution in [2.24, 2.45) is 0 Å². The first-order valence-corrected chi connectivity index (χ1v) is 14.7. The largest absolute Gasteiger partial charge is 0.461 e. The molecule has 4 aliphatic heterocycles. The molecule has 39 heavy (non-hydrogen) atoms. The van der Waals surface area contributed by atoms with Crippen LogP contribution in [0.2, 0.25) is 0 Å². The van der Waals surface area contributed by atoms with Gasteiger partial charge in [-0.15, -0.1) is 0 Å². The number of hydrogen-bond donors (Lipinski definition) is 0. The standard InChI is InChI=1S/C28H36BrF2N5O3/c1-16-10-20(29)22(31)23-21(16)24(33-25(32-23)38-15-28-8-5-9-35(28)12-17(30)11-28)34-13-18-6-7-19(14-34)36(18)26(37)39-27(2,3)4/h10,17-19H,5-9,11-15H2,1-4H3/t17-,18-,19+,28+/m1/s1. The van der Waals surface area contributed by atoms with Crippen molar-refractivity contribution in [2.45, 2.75) is 89.2 Å². The van der Waals surface area contributed by atoms with E-state index in [2.05, 4.69) is 30.7 Å². The van der Waals surface area contributed by atoms with Crippen molar-refractivity contribution in [1.29, 1.82) is 0 Å². The average molecular weight is 609 g/mol. The van der Waals surface area contributed by atoms with E-state index in [1.54, 1.807) is 6.07 Å². The van der Waals surface area contributed by atoms with Crippen molar-refractivity contribution in [2.75, 3.05) is 37.7 Å². The molecule has 0 N–H and O–H groups in total. The SMILES string of the molecule is Cc1cc(Br)c(F)c2nc(OC[C@@]34CCCN3C[C@H](F)C4)nc(N3C[C@H]4CC[C@@H](C3)N4C(=O)OC(C)(C)C)c12. The number of piperazine rings is 1. The van der Waals surface area contributed by atoms with Gasteiger partial charge in [-0.05, 0) is 87.5 Å². The Morgan fingerprint density at radius 2 is 1.92 bits per heavy atom. The highest BCUT2D eigenvalue weighted by Gasteiger charge is 2.50. The predicted octanol–water partition coefficient (Wildman–Crippen LogP) is 5.38. The van der Waals surface area contributed by atoms with Gasteiger partial charge in [-0.1, -0.05) is 0 Å². The lowest BCUT2D eigenvalue weighted by molar-refractivity contribution is 0.0122. The number of nitrogens with zero attached hydrogens (tertiary/aromatic N) is 5. The number of halogens is 3. The van der Waals surface area contributed by atoms with Crippen LogP contribution in [0.1, 0.15) is 58.4 Å². The first kappa shape index (κ1) is 26.9. The smallest absolute Gasteiger partial charge is 0.410 e. The van der Waals surface area contributed by atoms with E-state index in [1.807, 2.05) is 32.6 Å². The molecule has 6 rings (SSSR count). The molecular formula is C28H36BrF2N5O3. The van der Waals surface area contributed by atoms with E-state index < -0.39 is 17.6 Å². The topological polar surface area (TPSA) is 71.0 Å². The fourth-order valence-corrected chi connectivity index (χ4v) is 7.55. The summed E-state index contributed by atoms with van der Waals surface area (Å²) in [6.45, 7) is 10.2. The number of aromatic nitrogens is 2. The van der Waals surface area contributed by atoms with Gasteiger partial charge in [-0.2, -0.15) is 9.97 Å². The molecule has 0 spiro atoms. The number of carbonyl (C=O) groups is 1. The first-order valence-electron chi connectivity index (χ1n) is 13.9. The third-order valence-corrected chi connectivity index (χ3v) is 9.22. The molecule has 0 radical (unpaired) electrons. The van der Waals surface area contributed by atoms with Crippen LogP contribution < -0.4 is 9.64 Å². The van der Waals surface area contributed by atoms with Gasteiger partial charge in [0.1, 0.15) is 29.7 Å². The molecule has 1 aromatic carbocycles. The number of alkyl halides is 1. The van der Waals surface area contributed by atoms with E-state index in [4.69, 9.17) is 14.5 Å². The Bertz CT molecular complexity index is 1290. The van der Waals surface area contributed by atoms with E-state index in [1.165, 1.54) is 0 Å². The molecule has 0 unspecified atom stereocenters. The molecule has 4 fully saturated rings. The molecule has 8 nitrogen and oxygen atoms in total. The third-order valence-electron chi connectivity index (χ3n) is 8.64. The second kappa shape index (κ2) is 9.68. The molecule has 1 amide bonds. The quantitative estimate of drug-likeness (QED) is 0.462. The highest BCUT2D eigenvalue weighted by molar-refractivity contribution is 9.10. The van der Waals surface area contributed by atoms with Crippen LogP contribution in [0.3, 0.4) is 0 Å². The minimum atomic E-state index is -0.866. The number of anilines is 1. The van der Waals surface area contributed by atoms with Gasteiger partial charge in [0.2, 0.25) is 0 Å². The zero-order chi connectivity index (χ0) is 27.7. The summed E-state index contributed by atoms with van der Waals surface area (Å²) < 4.78 is 42.0. The van der Waals surface area contributed by atoms with Crippen LogP contribution in [0.5, 0.6) is 6.01 Å². The van der Waals surface area contributed by atoms with Crippen molar-refractivity contribution >= 4 is 38.7 Å². The summed E-state index contributed by atoms with van der Waals surface area (Å²) in [7, 11) is 0. The molecular weight excluding hydrogens is 572 g/mol. The third kappa shape index (κ3) is 4.83. The number of hydrogen-bond acceptors (Lipinski definition) is 7. The summed E-state index contributed by atoms with van der Waals surface area (Å²) in [5.41, 5.74) is 0.111. The number of amides is 1. The van der Waals surface area contributed by atoms with E-state index >= 15 is 4.39 Å². The summed E-state index contributed by atoms with van der Waals surface area (Å²) in [6.07, 6.45) is 2.88. The van der Waals surface area contributed by atoms with E-state index in [-0.39, 0.29) is 41.8 Å². The predicted molar refractivity (Wildman–Crippen MR) is 148 cm³/mol. The molecule has 4 aliphatic rings. The van der Waals surface area contributed by atoms with E-state index in [0.717, 1.165) is 37.8 Å². The van der Waals surface area contributed by atoms with Crippen LogP contribution in [0.15, 0.2) is 10.5 Å². The Morgan fingerprint density at radius 3 is 2.62 bits per heavy atom. The molecule has 2 aromatic rings. The average Bonchev–Trinajstić information content (AvgIpc) is 3.47. The molecule has 11 heteroatoms. The maximum atomic E-state index is 15.5. The molecule has 2 bridgehead atoms. The van der Waals surface area contributed by atoms with Crippen LogP contribution in [0.25, 0.3) is 10.9 Å². The van der Waals surface area contributed by atoms with Crippen molar-refractivity contribution in [3.8, 4) is 6.01 Å². The monoisotopic (exact) mass is 607 g/mol. The molecule has 4 atom stereocenters. The zero-order valence-electron chi connectivity index (χ0n) is 23.0. The lowest BCUT2D eigenvalue weighted by atomic mass is 9.95. The van der Waals surface area contributed by atoms with Crippen LogP contribution in [-0.4, -0.2) is 88.0 Å². The molecule has 1 aromatic heterocycles. The second-order valence-corrected chi connectivity index (χ2v) is 13.4. The Hall–Kier alpha value is -2.27. The molecule has 4 saturated heterocycles. The van der Waals surface area contributed by atoms with Crippen molar-refractivity contribution < 1.29 is 23.0 Å². The van der Waals surface area contributed by atoms with Crippen molar-refractivity contribution in [3.63, 3.8) is 0 Å². The summed E-state index contributed by atoms with van der Waals surface area (Å²) in [4.78, 5) is 28.5. The number of benzene rings is 1. The molecule has 0 saturated carbocycles. The van der Waals surface area contributed by atoms with Gasteiger partial charge in [0, 0.05) is 31.4 Å². The summed E-state index contributed by atoms with van der Waals surface area (Å²) in [5.74, 6) is 0.139. The minimum absolute atomic E-state index is 0.0282. The molecule has 0 aliphatic carbocycles. The lowest BCUT2D eigenvalue weighted by Gasteiger charge is -2.42. The summed E-state index contributed by atoms with van der Waals surface area (Å²) in [5, 5.41) is 0.638. The minimum Gasteiger partial charge on any atom is -0.461 e. The second-order valence-electron chi connectivity index (χ2n) is 12.6. The normalized spacial score (nSPS) is 28.8. The molecule has 212 valence electrons. The van der Waals surface area contributed by atoms with Crippen LogP contribution >= 0.6 is 15.9 Å². The maximum absolute atomic E-state index is 15.5. The van der Waals surface area contributed by atoms with Crippen LogP contribution in [-0.2, 0) is 4.74 Å². The Balaban J connectivity index is 1.33. The summed E-state index contributed by atoms with van der Waals surface area (Å²) in [6, 6.07) is 1.78. The van der Waals surface area contributed by atoms with E-state index in [9.17, 15) is 9.18 Å². The number of ether oxygens (including phenoxy) is 2.